The van der Waals surface area contributed by atoms with E-state index in [1.54, 1.807) is 0 Å². The fourth-order valence-electron chi connectivity index (χ4n) is 4.38. The Morgan fingerprint density at radius 3 is 1.53 bits per heavy atom. The zero-order valence-electron chi connectivity index (χ0n) is 17.9. The first-order valence-corrected chi connectivity index (χ1v) is 12.8. The van der Waals surface area contributed by atoms with Crippen LogP contribution in [0.25, 0.3) is 0 Å². The number of rotatable bonds is 8. The SMILES string of the molecule is Cc1ccc(CCC(C)C[P+](c2ccccc2)(c2ccccc2)c2ccccc2)o1. The maximum absolute atomic E-state index is 5.83. The molecule has 0 aliphatic carbocycles. The Balaban J connectivity index is 1.74. The predicted molar refractivity (Wildman–Crippen MR) is 131 cm³/mol. The van der Waals surface area contributed by atoms with Crippen LogP contribution in [0, 0.1) is 12.8 Å². The van der Waals surface area contributed by atoms with Crippen molar-refractivity contribution in [3.8, 4) is 0 Å². The minimum Gasteiger partial charge on any atom is -0.466 e. The van der Waals surface area contributed by atoms with Crippen LogP contribution in [0.2, 0.25) is 0 Å². The molecule has 3 aromatic carbocycles. The molecule has 0 N–H and O–H groups in total. The molecule has 1 unspecified atom stereocenters. The zero-order chi connectivity index (χ0) is 20.8. The Bertz CT molecular complexity index is 941. The quantitative estimate of drug-likeness (QED) is 0.316. The van der Waals surface area contributed by atoms with E-state index in [1.165, 1.54) is 15.9 Å². The molecule has 1 heterocycles. The Hall–Kier alpha value is -2.63. The van der Waals surface area contributed by atoms with Gasteiger partial charge in [-0.3, -0.25) is 0 Å². The standard InChI is InChI=1S/C28H30OP/c1-23(18-20-25-21-19-24(2)29-25)22-30(26-12-6-3-7-13-26,27-14-8-4-9-15-27)28-16-10-5-11-17-28/h3-17,19,21,23H,18,20,22H2,1-2H3/q+1. The van der Waals surface area contributed by atoms with E-state index in [1.807, 2.05) is 6.92 Å². The van der Waals surface area contributed by atoms with Crippen molar-refractivity contribution in [2.24, 2.45) is 5.92 Å². The molecule has 4 rings (SSSR count). The van der Waals surface area contributed by atoms with Crippen LogP contribution in [0.1, 0.15) is 24.9 Å². The third-order valence-electron chi connectivity index (χ3n) is 5.86. The third kappa shape index (κ3) is 4.42. The monoisotopic (exact) mass is 413 g/mol. The lowest BCUT2D eigenvalue weighted by molar-refractivity contribution is 0.458. The maximum Gasteiger partial charge on any atom is 0.112 e. The van der Waals surface area contributed by atoms with Gasteiger partial charge in [0.1, 0.15) is 34.7 Å². The highest BCUT2D eigenvalue weighted by molar-refractivity contribution is 7.95. The van der Waals surface area contributed by atoms with Crippen LogP contribution in [0.5, 0.6) is 0 Å². The zero-order valence-corrected chi connectivity index (χ0v) is 18.8. The number of furan rings is 1. The smallest absolute Gasteiger partial charge is 0.112 e. The average Bonchev–Trinajstić information content (AvgIpc) is 3.23. The van der Waals surface area contributed by atoms with Crippen molar-refractivity contribution < 1.29 is 4.42 Å². The Labute approximate surface area is 181 Å². The van der Waals surface area contributed by atoms with Gasteiger partial charge in [-0.25, -0.2) is 0 Å². The highest BCUT2D eigenvalue weighted by Gasteiger charge is 2.46. The molecule has 30 heavy (non-hydrogen) atoms. The molecule has 0 saturated heterocycles. The summed E-state index contributed by atoms with van der Waals surface area (Å²) in [5, 5.41) is 4.38. The van der Waals surface area contributed by atoms with Crippen molar-refractivity contribution in [1.29, 1.82) is 0 Å². The Morgan fingerprint density at radius 1 is 0.667 bits per heavy atom. The second-order valence-corrected chi connectivity index (χ2v) is 11.7. The first-order valence-electron chi connectivity index (χ1n) is 10.8. The molecular weight excluding hydrogens is 383 g/mol. The molecule has 4 aromatic rings. The summed E-state index contributed by atoms with van der Waals surface area (Å²) in [5.41, 5.74) is 0. The number of hydrogen-bond donors (Lipinski definition) is 0. The van der Waals surface area contributed by atoms with Crippen molar-refractivity contribution in [1.82, 2.24) is 0 Å². The molecule has 0 fully saturated rings. The minimum atomic E-state index is -1.76. The first-order chi connectivity index (χ1) is 14.7. The molecule has 152 valence electrons. The van der Waals surface area contributed by atoms with Gasteiger partial charge in [-0.15, -0.1) is 0 Å². The van der Waals surface area contributed by atoms with Gasteiger partial charge in [0.2, 0.25) is 0 Å². The third-order valence-corrected chi connectivity index (χ3v) is 10.6. The normalized spacial score (nSPS) is 12.6. The average molecular weight is 414 g/mol. The van der Waals surface area contributed by atoms with E-state index in [4.69, 9.17) is 4.42 Å². The number of aryl methyl sites for hydroxylation is 2. The van der Waals surface area contributed by atoms with E-state index in [2.05, 4.69) is 110 Å². The lowest BCUT2D eigenvalue weighted by Crippen LogP contribution is -2.35. The molecule has 1 aromatic heterocycles. The molecule has 2 heteroatoms. The molecule has 0 spiro atoms. The van der Waals surface area contributed by atoms with Crippen LogP contribution < -0.4 is 15.9 Å². The van der Waals surface area contributed by atoms with E-state index >= 15 is 0 Å². The summed E-state index contributed by atoms with van der Waals surface area (Å²) in [6, 6.07) is 37.7. The largest absolute Gasteiger partial charge is 0.466 e. The van der Waals surface area contributed by atoms with Gasteiger partial charge in [-0.1, -0.05) is 61.5 Å². The van der Waals surface area contributed by atoms with Crippen molar-refractivity contribution >= 4 is 23.2 Å². The van der Waals surface area contributed by atoms with Crippen LogP contribution >= 0.6 is 7.26 Å². The molecule has 0 amide bonds. The Morgan fingerprint density at radius 2 is 1.13 bits per heavy atom. The van der Waals surface area contributed by atoms with Crippen molar-refractivity contribution in [2.45, 2.75) is 26.7 Å². The second kappa shape index (κ2) is 9.45. The van der Waals surface area contributed by atoms with E-state index in [0.717, 1.165) is 30.5 Å². The number of benzene rings is 3. The fraction of sp³-hybridized carbons (Fsp3) is 0.214. The lowest BCUT2D eigenvalue weighted by Gasteiger charge is -2.30. The highest BCUT2D eigenvalue weighted by atomic mass is 31.2. The van der Waals surface area contributed by atoms with Crippen LogP contribution in [-0.2, 0) is 6.42 Å². The van der Waals surface area contributed by atoms with Gasteiger partial charge in [0.05, 0.1) is 6.16 Å². The molecule has 1 atom stereocenters. The van der Waals surface area contributed by atoms with E-state index in [-0.39, 0.29) is 0 Å². The van der Waals surface area contributed by atoms with Gasteiger partial charge in [0, 0.05) is 6.42 Å². The molecule has 1 nitrogen and oxygen atoms in total. The minimum absolute atomic E-state index is 0.573. The van der Waals surface area contributed by atoms with Crippen molar-refractivity contribution in [3.05, 3.63) is 115 Å². The molecule has 0 aliphatic heterocycles. The molecule has 0 bridgehead atoms. The van der Waals surface area contributed by atoms with Gasteiger partial charge in [-0.05, 0) is 67.8 Å². The predicted octanol–water partition coefficient (Wildman–Crippen LogP) is 6.15. The van der Waals surface area contributed by atoms with Gasteiger partial charge in [-0.2, -0.15) is 0 Å². The van der Waals surface area contributed by atoms with Crippen LogP contribution in [0.15, 0.2) is 108 Å². The van der Waals surface area contributed by atoms with Gasteiger partial charge >= 0.3 is 0 Å². The molecule has 0 saturated carbocycles. The summed E-state index contributed by atoms with van der Waals surface area (Å²) < 4.78 is 5.83. The van der Waals surface area contributed by atoms with E-state index in [9.17, 15) is 0 Å². The van der Waals surface area contributed by atoms with Crippen molar-refractivity contribution in [2.75, 3.05) is 6.16 Å². The van der Waals surface area contributed by atoms with Crippen molar-refractivity contribution in [3.63, 3.8) is 0 Å². The van der Waals surface area contributed by atoms with Gasteiger partial charge in [0.25, 0.3) is 0 Å². The maximum atomic E-state index is 5.83. The molecule has 0 aliphatic rings. The molecule has 0 radical (unpaired) electrons. The van der Waals surface area contributed by atoms with Crippen LogP contribution in [0.4, 0.5) is 0 Å². The second-order valence-electron chi connectivity index (χ2n) is 8.16. The topological polar surface area (TPSA) is 13.1 Å². The van der Waals surface area contributed by atoms with Gasteiger partial charge in [0.15, 0.2) is 0 Å². The molecular formula is C28H30OP+. The summed E-state index contributed by atoms with van der Waals surface area (Å²) >= 11 is 0. The summed E-state index contributed by atoms with van der Waals surface area (Å²) in [5.74, 6) is 2.67. The fourth-order valence-corrected chi connectivity index (χ4v) is 9.07. The highest BCUT2D eigenvalue weighted by Crippen LogP contribution is 2.56. The van der Waals surface area contributed by atoms with Crippen LogP contribution in [-0.4, -0.2) is 6.16 Å². The summed E-state index contributed by atoms with van der Waals surface area (Å²) in [6.45, 7) is 4.42. The van der Waals surface area contributed by atoms with Gasteiger partial charge < -0.3 is 4.42 Å². The Kier molecular flexibility index (Phi) is 6.50. The van der Waals surface area contributed by atoms with E-state index in [0.29, 0.717) is 5.92 Å². The van der Waals surface area contributed by atoms with Crippen LogP contribution in [0.3, 0.4) is 0 Å². The lowest BCUT2D eigenvalue weighted by atomic mass is 10.1. The summed E-state index contributed by atoms with van der Waals surface area (Å²) in [4.78, 5) is 0. The number of hydrogen-bond acceptors (Lipinski definition) is 1. The first kappa shape index (κ1) is 20.6. The van der Waals surface area contributed by atoms with E-state index < -0.39 is 7.26 Å². The summed E-state index contributed by atoms with van der Waals surface area (Å²) in [6.07, 6.45) is 3.28. The summed E-state index contributed by atoms with van der Waals surface area (Å²) in [7, 11) is -1.76.